The lowest BCUT2D eigenvalue weighted by molar-refractivity contribution is 0.332. The first-order chi connectivity index (χ1) is 27.0. The minimum atomic E-state index is 0.0360. The molecule has 0 unspecified atom stereocenters. The molecule has 0 fully saturated rings. The molecule has 0 N–H and O–H groups in total. The zero-order valence-corrected chi connectivity index (χ0v) is 38.7. The molecule has 58 heavy (non-hydrogen) atoms. The van der Waals surface area contributed by atoms with Gasteiger partial charge in [-0.1, -0.05) is 126 Å². The van der Waals surface area contributed by atoms with Gasteiger partial charge in [-0.05, 0) is 152 Å². The third-order valence-corrected chi connectivity index (χ3v) is 15.2. The number of hydrogen-bond donors (Lipinski definition) is 0. The minimum Gasteiger partial charge on any atom is -0.311 e. The Morgan fingerprint density at radius 1 is 0.552 bits per heavy atom. The van der Waals surface area contributed by atoms with Crippen molar-refractivity contribution in [2.75, 3.05) is 9.80 Å². The van der Waals surface area contributed by atoms with E-state index >= 15 is 0 Å². The van der Waals surface area contributed by atoms with E-state index in [1.807, 2.05) is 11.3 Å². The van der Waals surface area contributed by atoms with Gasteiger partial charge in [0.1, 0.15) is 0 Å². The predicted octanol–water partition coefficient (Wildman–Crippen LogP) is 13.8. The van der Waals surface area contributed by atoms with Gasteiger partial charge in [-0.15, -0.1) is 11.3 Å². The summed E-state index contributed by atoms with van der Waals surface area (Å²) in [6.07, 6.45) is 2.38. The number of benzene rings is 5. The number of hydrogen-bond acceptors (Lipinski definition) is 3. The summed E-state index contributed by atoms with van der Waals surface area (Å²) in [5.41, 5.74) is 20.7. The van der Waals surface area contributed by atoms with Crippen LogP contribution < -0.4 is 25.5 Å². The lowest BCUT2D eigenvalue weighted by Gasteiger charge is -2.47. The van der Waals surface area contributed by atoms with E-state index in [2.05, 4.69) is 199 Å². The predicted molar refractivity (Wildman–Crippen MR) is 257 cm³/mol. The molecule has 0 bridgehead atoms. The molecular formula is C54H63BN2S. The number of fused-ring (bicyclic) bond motifs is 7. The largest absolute Gasteiger partial charge is 0.311 e. The first-order valence-corrected chi connectivity index (χ1v) is 22.5. The van der Waals surface area contributed by atoms with Gasteiger partial charge in [0.2, 0.25) is 0 Å². The summed E-state index contributed by atoms with van der Waals surface area (Å²) >= 11 is 2.01. The molecule has 0 amide bonds. The van der Waals surface area contributed by atoms with Gasteiger partial charge >= 0.3 is 0 Å². The topological polar surface area (TPSA) is 6.48 Å². The van der Waals surface area contributed by atoms with E-state index in [1.165, 1.54) is 112 Å². The van der Waals surface area contributed by atoms with E-state index in [0.717, 1.165) is 0 Å². The summed E-state index contributed by atoms with van der Waals surface area (Å²) in [5.74, 6) is 0. The quantitative estimate of drug-likeness (QED) is 0.161. The maximum Gasteiger partial charge on any atom is 0.264 e. The van der Waals surface area contributed by atoms with Crippen molar-refractivity contribution in [3.05, 3.63) is 124 Å². The molecule has 0 saturated heterocycles. The van der Waals surface area contributed by atoms with Crippen LogP contribution in [0.4, 0.5) is 34.1 Å². The molecule has 3 heterocycles. The van der Waals surface area contributed by atoms with E-state index < -0.39 is 0 Å². The van der Waals surface area contributed by atoms with Crippen molar-refractivity contribution in [2.24, 2.45) is 0 Å². The van der Waals surface area contributed by atoms with Crippen LogP contribution in [0.1, 0.15) is 142 Å². The maximum absolute atomic E-state index is 2.68. The first-order valence-electron chi connectivity index (χ1n) is 21.7. The smallest absolute Gasteiger partial charge is 0.264 e. The van der Waals surface area contributed by atoms with Gasteiger partial charge in [0.05, 0.1) is 5.69 Å². The fraction of sp³-hybridized carbons (Fsp3) is 0.407. The Hall–Kier alpha value is -4.28. The van der Waals surface area contributed by atoms with E-state index in [1.54, 1.807) is 0 Å². The molecule has 1 aromatic heterocycles. The van der Waals surface area contributed by atoms with Crippen LogP contribution in [0.15, 0.2) is 84.9 Å². The van der Waals surface area contributed by atoms with Crippen LogP contribution in [0.2, 0.25) is 0 Å². The Bertz CT molecular complexity index is 2650. The van der Waals surface area contributed by atoms with Crippen molar-refractivity contribution in [3.63, 3.8) is 0 Å². The minimum absolute atomic E-state index is 0.0360. The van der Waals surface area contributed by atoms with Gasteiger partial charge in [-0.25, -0.2) is 0 Å². The standard InChI is InChI=1S/C54H63BN2S/c1-32-26-44-47-45(27-32)57(42-22-18-35(28-33(42)2)51(6,7)8)43-31-40-39(53(12,13)24-25-54(40,14)15)30-41(43)55(47)49-48(38-29-36(52(9,10)11)19-23-46(38)58-49)56(44)37-20-16-34(17-21-37)50(3,4)5/h16-23,26-31H,24-25H2,1-15H3. The number of rotatable bonds is 2. The molecule has 0 radical (unpaired) electrons. The average Bonchev–Trinajstić information content (AvgIpc) is 3.50. The Balaban J connectivity index is 1.42. The molecule has 6 aromatic rings. The zero-order chi connectivity index (χ0) is 41.6. The highest BCUT2D eigenvalue weighted by Gasteiger charge is 2.48. The summed E-state index contributed by atoms with van der Waals surface area (Å²) in [5, 5.41) is 1.36. The fourth-order valence-corrected chi connectivity index (χ4v) is 11.5. The molecule has 0 atom stereocenters. The Morgan fingerprint density at radius 3 is 1.67 bits per heavy atom. The summed E-state index contributed by atoms with van der Waals surface area (Å²) in [4.78, 5) is 5.30. The highest BCUT2D eigenvalue weighted by Crippen LogP contribution is 2.52. The molecule has 5 aromatic carbocycles. The van der Waals surface area contributed by atoms with Gasteiger partial charge in [-0.2, -0.15) is 0 Å². The number of nitrogens with zero attached hydrogens (tertiary/aromatic N) is 2. The van der Waals surface area contributed by atoms with E-state index in [9.17, 15) is 0 Å². The monoisotopic (exact) mass is 782 g/mol. The average molecular weight is 783 g/mol. The second-order valence-corrected chi connectivity index (χ2v) is 23.5. The SMILES string of the molecule is Cc1cc2c3c(c1)N(c1ccc(C(C)(C)C)cc1)c1c(sc4ccc(C(C)(C)C)cc14)B3c1cc3c(cc1N2c1ccc(C(C)(C)C)cc1C)C(C)(C)CCC3(C)C. The van der Waals surface area contributed by atoms with Crippen LogP contribution in [0, 0.1) is 13.8 Å². The van der Waals surface area contributed by atoms with Crippen LogP contribution in [-0.4, -0.2) is 6.71 Å². The molecule has 2 aliphatic heterocycles. The van der Waals surface area contributed by atoms with Gasteiger partial charge in [0.15, 0.2) is 0 Å². The van der Waals surface area contributed by atoms with Crippen molar-refractivity contribution in [3.8, 4) is 0 Å². The van der Waals surface area contributed by atoms with Crippen molar-refractivity contribution in [2.45, 2.75) is 144 Å². The first kappa shape index (κ1) is 39.2. The van der Waals surface area contributed by atoms with Crippen molar-refractivity contribution < 1.29 is 0 Å². The Morgan fingerprint density at radius 2 is 1.09 bits per heavy atom. The summed E-state index contributed by atoms with van der Waals surface area (Å²) in [6.45, 7) is 35.6. The zero-order valence-electron chi connectivity index (χ0n) is 37.9. The van der Waals surface area contributed by atoms with Crippen LogP contribution in [0.25, 0.3) is 10.1 Å². The lowest BCUT2D eigenvalue weighted by atomic mass is 9.35. The second kappa shape index (κ2) is 12.6. The summed E-state index contributed by atoms with van der Waals surface area (Å²) < 4.78 is 2.81. The number of aryl methyl sites for hydroxylation is 2. The van der Waals surface area contributed by atoms with Crippen molar-refractivity contribution in [1.29, 1.82) is 0 Å². The van der Waals surface area contributed by atoms with Gasteiger partial charge in [0.25, 0.3) is 6.71 Å². The third kappa shape index (κ3) is 6.02. The lowest BCUT2D eigenvalue weighted by Crippen LogP contribution is -2.61. The normalized spacial score (nSPS) is 16.9. The van der Waals surface area contributed by atoms with Gasteiger partial charge in [0, 0.05) is 43.3 Å². The Kier molecular flexibility index (Phi) is 8.53. The molecule has 3 aliphatic rings. The van der Waals surface area contributed by atoms with Gasteiger partial charge in [-0.3, -0.25) is 0 Å². The van der Waals surface area contributed by atoms with E-state index in [4.69, 9.17) is 0 Å². The highest BCUT2D eigenvalue weighted by atomic mass is 32.1. The van der Waals surface area contributed by atoms with Crippen LogP contribution in [0.3, 0.4) is 0 Å². The third-order valence-electron chi connectivity index (χ3n) is 13.9. The molecular weight excluding hydrogens is 719 g/mol. The van der Waals surface area contributed by atoms with Crippen LogP contribution >= 0.6 is 11.3 Å². The molecule has 4 heteroatoms. The number of anilines is 6. The van der Waals surface area contributed by atoms with Crippen molar-refractivity contribution >= 4 is 78.0 Å². The Labute approximate surface area is 353 Å². The molecule has 1 aliphatic carbocycles. The summed E-state index contributed by atoms with van der Waals surface area (Å²) in [6, 6.07) is 34.3. The van der Waals surface area contributed by atoms with Crippen molar-refractivity contribution in [1.82, 2.24) is 0 Å². The van der Waals surface area contributed by atoms with E-state index in [-0.39, 0.29) is 33.8 Å². The highest BCUT2D eigenvalue weighted by molar-refractivity contribution is 7.33. The van der Waals surface area contributed by atoms with Crippen LogP contribution in [-0.2, 0) is 27.1 Å². The molecule has 0 saturated carbocycles. The second-order valence-electron chi connectivity index (χ2n) is 22.4. The van der Waals surface area contributed by atoms with Gasteiger partial charge < -0.3 is 9.80 Å². The fourth-order valence-electron chi connectivity index (χ4n) is 10.2. The number of thiophene rings is 1. The van der Waals surface area contributed by atoms with E-state index in [0.29, 0.717) is 0 Å². The maximum atomic E-state index is 2.68. The molecule has 2 nitrogen and oxygen atoms in total. The molecule has 298 valence electrons. The molecule has 9 rings (SSSR count). The summed E-state index contributed by atoms with van der Waals surface area (Å²) in [7, 11) is 0. The molecule has 0 spiro atoms. The van der Waals surface area contributed by atoms with Crippen LogP contribution in [0.5, 0.6) is 0 Å².